The van der Waals surface area contributed by atoms with Crippen molar-refractivity contribution in [2.75, 3.05) is 11.5 Å². The molecule has 1 atom stereocenters. The lowest BCUT2D eigenvalue weighted by atomic mass is 9.90. The van der Waals surface area contributed by atoms with E-state index >= 15 is 0 Å². The number of para-hydroxylation sites is 1. The summed E-state index contributed by atoms with van der Waals surface area (Å²) >= 11 is 0. The van der Waals surface area contributed by atoms with Crippen LogP contribution in [-0.2, 0) is 20.7 Å². The van der Waals surface area contributed by atoms with Crippen LogP contribution in [0.5, 0.6) is 0 Å². The highest BCUT2D eigenvalue weighted by Crippen LogP contribution is 2.36. The monoisotopic (exact) mass is 355 g/mol. The second-order valence-electron chi connectivity index (χ2n) is 6.78. The van der Waals surface area contributed by atoms with Crippen molar-refractivity contribution in [1.29, 1.82) is 0 Å². The van der Waals surface area contributed by atoms with Crippen LogP contribution < -0.4 is 10.4 Å². The van der Waals surface area contributed by atoms with Crippen molar-refractivity contribution < 1.29 is 14.3 Å². The molecule has 1 aliphatic heterocycles. The van der Waals surface area contributed by atoms with Crippen molar-refractivity contribution >= 4 is 30.7 Å². The van der Waals surface area contributed by atoms with Gasteiger partial charge in [0, 0.05) is 5.69 Å². The number of ether oxygens (including phenoxy) is 1. The summed E-state index contributed by atoms with van der Waals surface area (Å²) < 4.78 is 6.16. The van der Waals surface area contributed by atoms with Crippen LogP contribution in [0.1, 0.15) is 5.56 Å². The largest absolute Gasteiger partial charge is 0.347 e. The number of allylic oxidation sites excluding steroid dienone is 2. The van der Waals surface area contributed by atoms with Crippen LogP contribution >= 0.6 is 0 Å². The topological polar surface area (TPSA) is 46.6 Å². The van der Waals surface area contributed by atoms with Crippen molar-refractivity contribution in [3.8, 4) is 0 Å². The van der Waals surface area contributed by atoms with E-state index in [0.29, 0.717) is 11.9 Å². The maximum Gasteiger partial charge on any atom is 0.235 e. The zero-order valence-corrected chi connectivity index (χ0v) is 14.7. The molecule has 2 aromatic carbocycles. The molecule has 5 heteroatoms. The number of amides is 1. The van der Waals surface area contributed by atoms with Gasteiger partial charge in [-0.3, -0.25) is 14.5 Å². The van der Waals surface area contributed by atoms with E-state index in [1.54, 1.807) is 17.1 Å². The molecule has 0 saturated carbocycles. The third-order valence-corrected chi connectivity index (χ3v) is 4.88. The van der Waals surface area contributed by atoms with E-state index in [9.17, 15) is 9.59 Å². The van der Waals surface area contributed by atoms with Gasteiger partial charge in [0.15, 0.2) is 11.5 Å². The second kappa shape index (κ2) is 7.01. The minimum atomic E-state index is -1.07. The van der Waals surface area contributed by atoms with E-state index in [0.717, 1.165) is 11.3 Å². The number of benzene rings is 2. The molecule has 0 aromatic heterocycles. The summed E-state index contributed by atoms with van der Waals surface area (Å²) in [6, 6.07) is 16.9. The predicted octanol–water partition coefficient (Wildman–Crippen LogP) is 2.09. The van der Waals surface area contributed by atoms with Gasteiger partial charge in [-0.15, -0.1) is 0 Å². The smallest absolute Gasteiger partial charge is 0.235 e. The number of ketones is 1. The van der Waals surface area contributed by atoms with Crippen LogP contribution in [0.15, 0.2) is 78.9 Å². The maximum absolute atomic E-state index is 13.4. The van der Waals surface area contributed by atoms with Gasteiger partial charge in [0.1, 0.15) is 7.85 Å². The van der Waals surface area contributed by atoms with Crippen LogP contribution in [0.4, 0.5) is 5.69 Å². The molecular weight excluding hydrogens is 337 g/mol. The van der Waals surface area contributed by atoms with Gasteiger partial charge >= 0.3 is 0 Å². The molecule has 1 saturated heterocycles. The number of rotatable bonds is 3. The minimum Gasteiger partial charge on any atom is -0.347 e. The molecule has 132 valence electrons. The van der Waals surface area contributed by atoms with Crippen LogP contribution in [0, 0.1) is 5.92 Å². The molecule has 27 heavy (non-hydrogen) atoms. The summed E-state index contributed by atoms with van der Waals surface area (Å²) in [6.07, 6.45) is 6.76. The third-order valence-electron chi connectivity index (χ3n) is 4.88. The zero-order chi connectivity index (χ0) is 18.9. The summed E-state index contributed by atoms with van der Waals surface area (Å²) in [6.45, 7) is 0.273. The second-order valence-corrected chi connectivity index (χ2v) is 6.78. The molecular formula is C22H18BNO3. The van der Waals surface area contributed by atoms with E-state index in [1.807, 2.05) is 54.6 Å². The molecule has 1 amide bonds. The Labute approximate surface area is 159 Å². The maximum atomic E-state index is 13.4. The lowest BCUT2D eigenvalue weighted by Gasteiger charge is -2.46. The highest BCUT2D eigenvalue weighted by molar-refractivity contribution is 6.32. The summed E-state index contributed by atoms with van der Waals surface area (Å²) in [5.74, 6) is -0.472. The van der Waals surface area contributed by atoms with Crippen LogP contribution in [-0.4, -0.2) is 31.9 Å². The molecule has 1 fully saturated rings. The average Bonchev–Trinajstić information content (AvgIpc) is 2.69. The normalized spacial score (nSPS) is 21.0. The van der Waals surface area contributed by atoms with Gasteiger partial charge in [-0.25, -0.2) is 0 Å². The lowest BCUT2D eigenvalue weighted by molar-refractivity contribution is -0.138. The Balaban J connectivity index is 1.68. The number of carbonyl (C=O) groups is 2. The number of hydrogen-bond donors (Lipinski definition) is 0. The van der Waals surface area contributed by atoms with E-state index in [1.165, 1.54) is 12.2 Å². The Kier molecular flexibility index (Phi) is 4.54. The Morgan fingerprint density at radius 3 is 2.33 bits per heavy atom. The molecule has 4 nitrogen and oxygen atoms in total. The van der Waals surface area contributed by atoms with E-state index < -0.39 is 5.72 Å². The first-order chi connectivity index (χ1) is 13.1. The van der Waals surface area contributed by atoms with Crippen LogP contribution in [0.2, 0.25) is 0 Å². The Morgan fingerprint density at radius 1 is 1.00 bits per heavy atom. The SMILES string of the molecule is [B]c1ccc(CC2COC3(C=CC(=O)C=C3)N(c3ccccc3)C2=O)cc1. The first-order valence-corrected chi connectivity index (χ1v) is 8.87. The molecule has 0 bridgehead atoms. The van der Waals surface area contributed by atoms with E-state index in [4.69, 9.17) is 12.6 Å². The Hall–Kier alpha value is -2.92. The van der Waals surface area contributed by atoms with Gasteiger partial charge in [-0.05, 0) is 48.4 Å². The molecule has 4 rings (SSSR count). The lowest BCUT2D eigenvalue weighted by Crippen LogP contribution is -2.60. The van der Waals surface area contributed by atoms with Crippen molar-refractivity contribution in [3.63, 3.8) is 0 Å². The first-order valence-electron chi connectivity index (χ1n) is 8.87. The van der Waals surface area contributed by atoms with Crippen molar-refractivity contribution in [3.05, 3.63) is 84.5 Å². The van der Waals surface area contributed by atoms with Gasteiger partial charge in [0.2, 0.25) is 5.91 Å². The molecule has 2 aromatic rings. The summed E-state index contributed by atoms with van der Waals surface area (Å²) in [7, 11) is 5.75. The van der Waals surface area contributed by atoms with Crippen molar-refractivity contribution in [1.82, 2.24) is 0 Å². The van der Waals surface area contributed by atoms with E-state index in [-0.39, 0.29) is 24.2 Å². The number of carbonyl (C=O) groups excluding carboxylic acids is 2. The fourth-order valence-corrected chi connectivity index (χ4v) is 3.47. The molecule has 1 spiro atoms. The first kappa shape index (κ1) is 17.5. The summed E-state index contributed by atoms with van der Waals surface area (Å²) in [5.41, 5.74) is 1.38. The van der Waals surface area contributed by atoms with Gasteiger partial charge in [-0.1, -0.05) is 47.9 Å². The van der Waals surface area contributed by atoms with Crippen LogP contribution in [0.3, 0.4) is 0 Å². The molecule has 1 aliphatic carbocycles. The summed E-state index contributed by atoms with van der Waals surface area (Å²) in [5, 5.41) is 0. The standard InChI is InChI=1S/C22H18BNO3/c23-18-8-6-16(7-9-18)14-17-15-27-22(12-10-20(25)11-13-22)24(21(17)26)19-4-2-1-3-5-19/h1-13,17H,14-15H2. The molecule has 2 radical (unpaired) electrons. The summed E-state index contributed by atoms with van der Waals surface area (Å²) in [4.78, 5) is 26.7. The fourth-order valence-electron chi connectivity index (χ4n) is 3.47. The van der Waals surface area contributed by atoms with Gasteiger partial charge in [0.05, 0.1) is 12.5 Å². The number of nitrogens with zero attached hydrogens (tertiary/aromatic N) is 1. The number of anilines is 1. The minimum absolute atomic E-state index is 0.0343. The van der Waals surface area contributed by atoms with Crippen molar-refractivity contribution in [2.24, 2.45) is 5.92 Å². The fraction of sp³-hybridized carbons (Fsp3) is 0.182. The highest BCUT2D eigenvalue weighted by Gasteiger charge is 2.46. The van der Waals surface area contributed by atoms with Gasteiger partial charge in [0.25, 0.3) is 0 Å². The van der Waals surface area contributed by atoms with Crippen molar-refractivity contribution in [2.45, 2.75) is 12.1 Å². The van der Waals surface area contributed by atoms with Gasteiger partial charge < -0.3 is 4.74 Å². The van der Waals surface area contributed by atoms with E-state index in [2.05, 4.69) is 0 Å². The molecule has 2 aliphatic rings. The molecule has 0 N–H and O–H groups in total. The molecule has 1 heterocycles. The average molecular weight is 355 g/mol. The van der Waals surface area contributed by atoms with Crippen LogP contribution in [0.25, 0.3) is 0 Å². The quantitative estimate of drug-likeness (QED) is 0.793. The number of hydrogen-bond acceptors (Lipinski definition) is 3. The van der Waals surface area contributed by atoms with Gasteiger partial charge in [-0.2, -0.15) is 0 Å². The zero-order valence-electron chi connectivity index (χ0n) is 14.7. The highest BCUT2D eigenvalue weighted by atomic mass is 16.5. The Morgan fingerprint density at radius 2 is 1.67 bits per heavy atom. The Bertz CT molecular complexity index is 902. The third kappa shape index (κ3) is 3.38. The molecule has 1 unspecified atom stereocenters. The predicted molar refractivity (Wildman–Crippen MR) is 105 cm³/mol.